The molecule has 0 radical (unpaired) electrons. The molecule has 74 valence electrons. The van der Waals surface area contributed by atoms with Gasteiger partial charge in [0.05, 0.1) is 11.3 Å². The number of methoxy groups -OCH3 is 1. The SMILES string of the molecule is COc1cc(Cl)cc2sc(SC)cc12. The number of hydrogen-bond donors (Lipinski definition) is 0. The smallest absolute Gasteiger partial charge is 0.129 e. The molecule has 0 N–H and O–H groups in total. The molecule has 0 atom stereocenters. The largest absolute Gasteiger partial charge is 0.496 e. The van der Waals surface area contributed by atoms with Crippen LogP contribution in [0.5, 0.6) is 5.75 Å². The Hall–Kier alpha value is -0.380. The molecule has 2 rings (SSSR count). The van der Waals surface area contributed by atoms with E-state index in [2.05, 4.69) is 12.3 Å². The van der Waals surface area contributed by atoms with Crippen LogP contribution in [0.25, 0.3) is 10.1 Å². The molecular formula is C10H9ClOS2. The summed E-state index contributed by atoms with van der Waals surface area (Å²) in [7, 11) is 1.67. The third-order valence-electron chi connectivity index (χ3n) is 1.96. The Morgan fingerprint density at radius 3 is 2.79 bits per heavy atom. The number of halogens is 1. The Labute approximate surface area is 96.0 Å². The maximum Gasteiger partial charge on any atom is 0.129 e. The van der Waals surface area contributed by atoms with Gasteiger partial charge in [0, 0.05) is 15.1 Å². The van der Waals surface area contributed by atoms with E-state index in [-0.39, 0.29) is 0 Å². The topological polar surface area (TPSA) is 9.23 Å². The summed E-state index contributed by atoms with van der Waals surface area (Å²) in [5.41, 5.74) is 0. The van der Waals surface area contributed by atoms with Crippen molar-refractivity contribution in [3.8, 4) is 5.75 Å². The zero-order valence-corrected chi connectivity index (χ0v) is 10.2. The highest BCUT2D eigenvalue weighted by Gasteiger charge is 2.07. The molecule has 0 bridgehead atoms. The van der Waals surface area contributed by atoms with Crippen LogP contribution in [0.15, 0.2) is 22.4 Å². The fourth-order valence-electron chi connectivity index (χ4n) is 1.32. The first-order valence-electron chi connectivity index (χ1n) is 4.05. The van der Waals surface area contributed by atoms with E-state index in [9.17, 15) is 0 Å². The van der Waals surface area contributed by atoms with Crippen LogP contribution in [0.2, 0.25) is 5.02 Å². The van der Waals surface area contributed by atoms with Crippen molar-refractivity contribution < 1.29 is 4.74 Å². The van der Waals surface area contributed by atoms with Gasteiger partial charge >= 0.3 is 0 Å². The lowest BCUT2D eigenvalue weighted by atomic mass is 10.2. The fraction of sp³-hybridized carbons (Fsp3) is 0.200. The normalized spacial score (nSPS) is 10.8. The molecule has 0 aliphatic carbocycles. The Morgan fingerprint density at radius 2 is 2.14 bits per heavy atom. The summed E-state index contributed by atoms with van der Waals surface area (Å²) in [6, 6.07) is 5.96. The van der Waals surface area contributed by atoms with Crippen LogP contribution in [0.3, 0.4) is 0 Å². The summed E-state index contributed by atoms with van der Waals surface area (Å²) in [6.07, 6.45) is 2.07. The molecule has 0 saturated heterocycles. The summed E-state index contributed by atoms with van der Waals surface area (Å²) in [5, 5.41) is 1.87. The summed E-state index contributed by atoms with van der Waals surface area (Å²) >= 11 is 9.45. The maximum absolute atomic E-state index is 5.97. The molecule has 0 saturated carbocycles. The van der Waals surface area contributed by atoms with Gasteiger partial charge in [0.15, 0.2) is 0 Å². The molecule has 0 aliphatic heterocycles. The highest BCUT2D eigenvalue weighted by molar-refractivity contribution is 8.00. The average Bonchev–Trinajstić information content (AvgIpc) is 2.59. The summed E-state index contributed by atoms with van der Waals surface area (Å²) in [5.74, 6) is 0.851. The lowest BCUT2D eigenvalue weighted by Crippen LogP contribution is -1.82. The Kier molecular flexibility index (Phi) is 2.91. The predicted octanol–water partition coefficient (Wildman–Crippen LogP) is 4.29. The fourth-order valence-corrected chi connectivity index (χ4v) is 3.28. The van der Waals surface area contributed by atoms with Gasteiger partial charge in [-0.1, -0.05) is 11.6 Å². The van der Waals surface area contributed by atoms with Gasteiger partial charge in [-0.25, -0.2) is 0 Å². The number of rotatable bonds is 2. The van der Waals surface area contributed by atoms with Crippen molar-refractivity contribution in [2.75, 3.05) is 13.4 Å². The molecular weight excluding hydrogens is 236 g/mol. The molecule has 1 aromatic carbocycles. The van der Waals surface area contributed by atoms with Crippen LogP contribution < -0.4 is 4.74 Å². The van der Waals surface area contributed by atoms with Gasteiger partial charge in [-0.15, -0.1) is 23.1 Å². The number of ether oxygens (including phenoxy) is 1. The minimum atomic E-state index is 0.726. The molecule has 0 aliphatic rings. The van der Waals surface area contributed by atoms with Crippen LogP contribution in [-0.4, -0.2) is 13.4 Å². The molecule has 14 heavy (non-hydrogen) atoms. The molecule has 1 aromatic heterocycles. The van der Waals surface area contributed by atoms with Crippen LogP contribution >= 0.6 is 34.7 Å². The van der Waals surface area contributed by atoms with E-state index in [1.807, 2.05) is 12.1 Å². The number of thioether (sulfide) groups is 1. The van der Waals surface area contributed by atoms with Crippen molar-refractivity contribution in [3.05, 3.63) is 23.2 Å². The molecule has 0 fully saturated rings. The van der Waals surface area contributed by atoms with Gasteiger partial charge in [-0.05, 0) is 24.5 Å². The zero-order chi connectivity index (χ0) is 10.1. The highest BCUT2D eigenvalue weighted by Crippen LogP contribution is 2.38. The van der Waals surface area contributed by atoms with Crippen molar-refractivity contribution in [1.82, 2.24) is 0 Å². The third kappa shape index (κ3) is 1.72. The minimum Gasteiger partial charge on any atom is -0.496 e. The van der Waals surface area contributed by atoms with Gasteiger partial charge in [0.2, 0.25) is 0 Å². The van der Waals surface area contributed by atoms with E-state index in [1.54, 1.807) is 30.2 Å². The number of hydrogen-bond acceptors (Lipinski definition) is 3. The second-order valence-electron chi connectivity index (χ2n) is 2.79. The van der Waals surface area contributed by atoms with E-state index in [0.29, 0.717) is 0 Å². The Bertz CT molecular complexity index is 464. The molecule has 0 unspecified atom stereocenters. The Morgan fingerprint density at radius 1 is 1.36 bits per heavy atom. The van der Waals surface area contributed by atoms with Crippen LogP contribution in [0.1, 0.15) is 0 Å². The average molecular weight is 245 g/mol. The van der Waals surface area contributed by atoms with Crippen molar-refractivity contribution in [2.45, 2.75) is 4.21 Å². The number of benzene rings is 1. The van der Waals surface area contributed by atoms with Crippen LogP contribution in [-0.2, 0) is 0 Å². The summed E-state index contributed by atoms with van der Waals surface area (Å²) in [4.78, 5) is 0. The molecule has 1 heterocycles. The van der Waals surface area contributed by atoms with E-state index >= 15 is 0 Å². The molecule has 1 nitrogen and oxygen atoms in total. The van der Waals surface area contributed by atoms with Gasteiger partial charge in [-0.2, -0.15) is 0 Å². The van der Waals surface area contributed by atoms with Gasteiger partial charge in [0.25, 0.3) is 0 Å². The third-order valence-corrected chi connectivity index (χ3v) is 4.33. The van der Waals surface area contributed by atoms with E-state index < -0.39 is 0 Å². The van der Waals surface area contributed by atoms with Crippen LogP contribution in [0.4, 0.5) is 0 Å². The number of thiophene rings is 1. The highest BCUT2D eigenvalue weighted by atomic mass is 35.5. The standard InChI is InChI=1S/C10H9ClOS2/c1-12-8-3-6(11)4-9-7(8)5-10(13-2)14-9/h3-5H,1-2H3. The van der Waals surface area contributed by atoms with Crippen molar-refractivity contribution in [2.24, 2.45) is 0 Å². The van der Waals surface area contributed by atoms with Crippen LogP contribution in [0, 0.1) is 0 Å². The lowest BCUT2D eigenvalue weighted by Gasteiger charge is -2.01. The van der Waals surface area contributed by atoms with E-state index in [4.69, 9.17) is 16.3 Å². The molecule has 2 aromatic rings. The lowest BCUT2D eigenvalue weighted by molar-refractivity contribution is 0.420. The molecule has 0 amide bonds. The zero-order valence-electron chi connectivity index (χ0n) is 7.83. The molecule has 4 heteroatoms. The first-order valence-corrected chi connectivity index (χ1v) is 6.47. The van der Waals surface area contributed by atoms with Crippen molar-refractivity contribution in [1.29, 1.82) is 0 Å². The van der Waals surface area contributed by atoms with Gasteiger partial charge in [0.1, 0.15) is 5.75 Å². The quantitative estimate of drug-likeness (QED) is 0.729. The molecule has 0 spiro atoms. The van der Waals surface area contributed by atoms with Gasteiger partial charge < -0.3 is 4.74 Å². The monoisotopic (exact) mass is 244 g/mol. The van der Waals surface area contributed by atoms with Crippen molar-refractivity contribution >= 4 is 44.8 Å². The van der Waals surface area contributed by atoms with Crippen molar-refractivity contribution in [3.63, 3.8) is 0 Å². The summed E-state index contributed by atoms with van der Waals surface area (Å²) < 4.78 is 7.74. The summed E-state index contributed by atoms with van der Waals surface area (Å²) in [6.45, 7) is 0. The predicted molar refractivity (Wildman–Crippen MR) is 65.2 cm³/mol. The first-order chi connectivity index (χ1) is 6.74. The van der Waals surface area contributed by atoms with Gasteiger partial charge in [-0.3, -0.25) is 0 Å². The first kappa shape index (κ1) is 10.1. The number of fused-ring (bicyclic) bond motifs is 1. The maximum atomic E-state index is 5.97. The second-order valence-corrected chi connectivity index (χ2v) is 5.42. The van der Waals surface area contributed by atoms with E-state index in [0.717, 1.165) is 16.2 Å². The minimum absolute atomic E-state index is 0.726. The Balaban J connectivity index is 2.71. The second kappa shape index (κ2) is 4.01. The van der Waals surface area contributed by atoms with E-state index in [1.165, 1.54) is 8.91 Å².